The van der Waals surface area contributed by atoms with Crippen molar-refractivity contribution >= 4 is 22.6 Å². The number of carbonyl (C=O) groups is 1. The summed E-state index contributed by atoms with van der Waals surface area (Å²) in [4.78, 5) is 19.1. The zero-order valence-electron chi connectivity index (χ0n) is 16.2. The molecule has 1 aromatic heterocycles. The van der Waals surface area contributed by atoms with Crippen molar-refractivity contribution in [2.75, 3.05) is 32.1 Å². The first-order valence-corrected chi connectivity index (χ1v) is 9.30. The van der Waals surface area contributed by atoms with Gasteiger partial charge in [0.15, 0.2) is 0 Å². The standard InChI is InChI=1S/C20H30N4O2/c1-5-24(6-2)12-8-9-15(3)22-20(25)23-18-14-17(26-4)13-16-10-7-11-21-19(16)18/h7,10-11,13-15H,5-6,8-9,12H2,1-4H3,(H2,22,23,25). The summed E-state index contributed by atoms with van der Waals surface area (Å²) >= 11 is 0. The molecule has 6 heteroatoms. The summed E-state index contributed by atoms with van der Waals surface area (Å²) in [6.45, 7) is 9.56. The number of methoxy groups -OCH3 is 1. The summed E-state index contributed by atoms with van der Waals surface area (Å²) in [7, 11) is 1.61. The number of aromatic nitrogens is 1. The third-order valence-corrected chi connectivity index (χ3v) is 4.55. The maximum atomic E-state index is 12.4. The van der Waals surface area contributed by atoms with Crippen LogP contribution in [0.3, 0.4) is 0 Å². The molecule has 1 heterocycles. The molecular weight excluding hydrogens is 328 g/mol. The van der Waals surface area contributed by atoms with Gasteiger partial charge in [0.05, 0.1) is 18.3 Å². The van der Waals surface area contributed by atoms with Crippen LogP contribution in [0, 0.1) is 0 Å². The number of rotatable bonds is 9. The highest BCUT2D eigenvalue weighted by Crippen LogP contribution is 2.27. The number of benzene rings is 1. The first-order valence-electron chi connectivity index (χ1n) is 9.30. The minimum absolute atomic E-state index is 0.107. The molecular formula is C20H30N4O2. The zero-order valence-corrected chi connectivity index (χ0v) is 16.2. The molecule has 2 rings (SSSR count). The van der Waals surface area contributed by atoms with E-state index in [1.54, 1.807) is 19.4 Å². The van der Waals surface area contributed by atoms with Crippen LogP contribution in [-0.2, 0) is 0 Å². The van der Waals surface area contributed by atoms with Gasteiger partial charge in [0, 0.05) is 23.7 Å². The van der Waals surface area contributed by atoms with Gasteiger partial charge in [-0.15, -0.1) is 0 Å². The number of hydrogen-bond acceptors (Lipinski definition) is 4. The van der Waals surface area contributed by atoms with E-state index in [0.717, 1.165) is 43.4 Å². The van der Waals surface area contributed by atoms with E-state index in [1.807, 2.05) is 25.1 Å². The maximum Gasteiger partial charge on any atom is 0.319 e. The van der Waals surface area contributed by atoms with Gasteiger partial charge in [-0.1, -0.05) is 19.9 Å². The lowest BCUT2D eigenvalue weighted by Gasteiger charge is -2.20. The summed E-state index contributed by atoms with van der Waals surface area (Å²) in [5, 5.41) is 6.84. The predicted octanol–water partition coefficient (Wildman–Crippen LogP) is 3.88. The smallest absolute Gasteiger partial charge is 0.319 e. The molecule has 0 radical (unpaired) electrons. The molecule has 1 aromatic carbocycles. The lowest BCUT2D eigenvalue weighted by molar-refractivity contribution is 0.247. The third kappa shape index (κ3) is 5.59. The molecule has 142 valence electrons. The van der Waals surface area contributed by atoms with Crippen LogP contribution in [-0.4, -0.2) is 48.7 Å². The number of pyridine rings is 1. The van der Waals surface area contributed by atoms with Crippen LogP contribution in [0.4, 0.5) is 10.5 Å². The number of carbonyl (C=O) groups excluding carboxylic acids is 1. The van der Waals surface area contributed by atoms with Crippen molar-refractivity contribution in [3.8, 4) is 5.75 Å². The SMILES string of the molecule is CCN(CC)CCCC(C)NC(=O)Nc1cc(OC)cc2cccnc12. The van der Waals surface area contributed by atoms with Crippen LogP contribution in [0.5, 0.6) is 5.75 Å². The highest BCUT2D eigenvalue weighted by molar-refractivity contribution is 6.00. The van der Waals surface area contributed by atoms with Crippen molar-refractivity contribution in [2.24, 2.45) is 0 Å². The summed E-state index contributed by atoms with van der Waals surface area (Å²) in [6.07, 6.45) is 3.72. The monoisotopic (exact) mass is 358 g/mol. The summed E-state index contributed by atoms with van der Waals surface area (Å²) < 4.78 is 5.32. The number of ether oxygens (including phenoxy) is 1. The lowest BCUT2D eigenvalue weighted by Crippen LogP contribution is -2.36. The maximum absolute atomic E-state index is 12.4. The van der Waals surface area contributed by atoms with E-state index in [1.165, 1.54) is 0 Å². The fourth-order valence-electron chi connectivity index (χ4n) is 2.99. The van der Waals surface area contributed by atoms with Crippen molar-refractivity contribution < 1.29 is 9.53 Å². The number of anilines is 1. The number of amides is 2. The molecule has 0 aliphatic rings. The topological polar surface area (TPSA) is 66.5 Å². The fourth-order valence-corrected chi connectivity index (χ4v) is 2.99. The molecule has 1 unspecified atom stereocenters. The number of urea groups is 1. The molecule has 0 bridgehead atoms. The molecule has 0 aliphatic carbocycles. The van der Waals surface area contributed by atoms with E-state index >= 15 is 0 Å². The second-order valence-electron chi connectivity index (χ2n) is 6.42. The van der Waals surface area contributed by atoms with Gasteiger partial charge in [0.25, 0.3) is 0 Å². The third-order valence-electron chi connectivity index (χ3n) is 4.55. The van der Waals surface area contributed by atoms with Crippen molar-refractivity contribution in [1.82, 2.24) is 15.2 Å². The van der Waals surface area contributed by atoms with Gasteiger partial charge in [-0.3, -0.25) is 4.98 Å². The van der Waals surface area contributed by atoms with Crippen molar-refractivity contribution in [3.63, 3.8) is 0 Å². The van der Waals surface area contributed by atoms with E-state index in [4.69, 9.17) is 4.74 Å². The molecule has 0 saturated carbocycles. The molecule has 2 N–H and O–H groups in total. The minimum Gasteiger partial charge on any atom is -0.497 e. The van der Waals surface area contributed by atoms with Crippen LogP contribution in [0.15, 0.2) is 30.5 Å². The molecule has 0 spiro atoms. The van der Waals surface area contributed by atoms with Gasteiger partial charge in [-0.05, 0) is 51.5 Å². The van der Waals surface area contributed by atoms with Crippen LogP contribution in [0.1, 0.15) is 33.6 Å². The molecule has 2 aromatic rings. The molecule has 2 amide bonds. The Hall–Kier alpha value is -2.34. The van der Waals surface area contributed by atoms with Crippen molar-refractivity contribution in [3.05, 3.63) is 30.5 Å². The van der Waals surface area contributed by atoms with E-state index < -0.39 is 0 Å². The van der Waals surface area contributed by atoms with Gasteiger partial charge in [-0.25, -0.2) is 4.79 Å². The first-order chi connectivity index (χ1) is 12.6. The van der Waals surface area contributed by atoms with Gasteiger partial charge in [0.1, 0.15) is 5.75 Å². The minimum atomic E-state index is -0.222. The average molecular weight is 358 g/mol. The van der Waals surface area contributed by atoms with E-state index in [-0.39, 0.29) is 12.1 Å². The van der Waals surface area contributed by atoms with Gasteiger partial charge in [0.2, 0.25) is 0 Å². The van der Waals surface area contributed by atoms with Gasteiger partial charge < -0.3 is 20.3 Å². The number of fused-ring (bicyclic) bond motifs is 1. The quantitative estimate of drug-likeness (QED) is 0.714. The second kappa shape index (κ2) is 9.97. The summed E-state index contributed by atoms with van der Waals surface area (Å²) in [6, 6.07) is 7.39. The largest absolute Gasteiger partial charge is 0.497 e. The van der Waals surface area contributed by atoms with Gasteiger partial charge in [-0.2, -0.15) is 0 Å². The van der Waals surface area contributed by atoms with Gasteiger partial charge >= 0.3 is 6.03 Å². The lowest BCUT2D eigenvalue weighted by atomic mass is 10.1. The molecule has 1 atom stereocenters. The Labute approximate surface area is 155 Å². The van der Waals surface area contributed by atoms with Crippen molar-refractivity contribution in [1.29, 1.82) is 0 Å². The van der Waals surface area contributed by atoms with E-state index in [2.05, 4.69) is 34.4 Å². The first kappa shape index (κ1) is 20.0. The van der Waals surface area contributed by atoms with E-state index in [9.17, 15) is 4.79 Å². The Morgan fingerprint density at radius 1 is 1.31 bits per heavy atom. The van der Waals surface area contributed by atoms with E-state index in [0.29, 0.717) is 11.4 Å². The molecule has 6 nitrogen and oxygen atoms in total. The highest BCUT2D eigenvalue weighted by Gasteiger charge is 2.12. The number of nitrogens with one attached hydrogen (secondary N) is 2. The van der Waals surface area contributed by atoms with Crippen LogP contribution >= 0.6 is 0 Å². The predicted molar refractivity (Wildman–Crippen MR) is 107 cm³/mol. The average Bonchev–Trinajstić information content (AvgIpc) is 2.65. The highest BCUT2D eigenvalue weighted by atomic mass is 16.5. The fraction of sp³-hybridized carbons (Fsp3) is 0.500. The van der Waals surface area contributed by atoms with Crippen molar-refractivity contribution in [2.45, 2.75) is 39.7 Å². The normalized spacial score (nSPS) is 12.2. The number of hydrogen-bond donors (Lipinski definition) is 2. The molecule has 0 saturated heterocycles. The Balaban J connectivity index is 1.94. The molecule has 0 aliphatic heterocycles. The number of nitrogens with zero attached hydrogens (tertiary/aromatic N) is 2. The zero-order chi connectivity index (χ0) is 18.9. The Bertz CT molecular complexity index is 716. The Morgan fingerprint density at radius 3 is 2.77 bits per heavy atom. The summed E-state index contributed by atoms with van der Waals surface area (Å²) in [5.74, 6) is 0.688. The molecule has 26 heavy (non-hydrogen) atoms. The van der Waals surface area contributed by atoms with Crippen LogP contribution in [0.2, 0.25) is 0 Å². The molecule has 0 fully saturated rings. The summed E-state index contributed by atoms with van der Waals surface area (Å²) in [5.41, 5.74) is 1.39. The second-order valence-corrected chi connectivity index (χ2v) is 6.42. The van der Waals surface area contributed by atoms with Crippen LogP contribution < -0.4 is 15.4 Å². The van der Waals surface area contributed by atoms with Crippen LogP contribution in [0.25, 0.3) is 10.9 Å². The Morgan fingerprint density at radius 2 is 2.08 bits per heavy atom. The Kier molecular flexibility index (Phi) is 7.66.